The number of amides is 1. The van der Waals surface area contributed by atoms with E-state index in [1.54, 1.807) is 0 Å². The van der Waals surface area contributed by atoms with Crippen LogP contribution in [-0.2, 0) is 4.79 Å². The molecule has 0 bridgehead atoms. The van der Waals surface area contributed by atoms with Gasteiger partial charge in [0.05, 0.1) is 5.25 Å². The molecule has 1 N–H and O–H groups in total. The van der Waals surface area contributed by atoms with Crippen LogP contribution < -0.4 is 5.32 Å². The molecule has 0 saturated carbocycles. The van der Waals surface area contributed by atoms with E-state index in [2.05, 4.69) is 15.1 Å². The Morgan fingerprint density at radius 2 is 1.95 bits per heavy atom. The van der Waals surface area contributed by atoms with E-state index in [0.29, 0.717) is 11.9 Å². The number of halogens is 1. The maximum atomic E-state index is 12.5. The first kappa shape index (κ1) is 16.7. The molecule has 0 aromatic heterocycles. The normalized spacial score (nSPS) is 31.9. The van der Waals surface area contributed by atoms with Gasteiger partial charge in [-0.25, -0.2) is 0 Å². The molecule has 7 heteroatoms. The van der Waals surface area contributed by atoms with Gasteiger partial charge in [-0.1, -0.05) is 0 Å². The van der Waals surface area contributed by atoms with E-state index in [0.717, 1.165) is 57.2 Å². The third kappa shape index (κ3) is 3.97. The molecular weight excluding hydrogens is 314 g/mol. The third-order valence-corrected chi connectivity index (χ3v) is 6.98. The molecule has 0 aromatic rings. The van der Waals surface area contributed by atoms with Crippen molar-refractivity contribution in [3.63, 3.8) is 0 Å². The van der Waals surface area contributed by atoms with Crippen molar-refractivity contribution in [3.8, 4) is 0 Å². The minimum atomic E-state index is 0. The van der Waals surface area contributed by atoms with Crippen LogP contribution in [0.4, 0.5) is 0 Å². The van der Waals surface area contributed by atoms with E-state index in [4.69, 9.17) is 0 Å². The Morgan fingerprint density at radius 3 is 2.65 bits per heavy atom. The van der Waals surface area contributed by atoms with Gasteiger partial charge < -0.3 is 10.2 Å². The maximum Gasteiger partial charge on any atom is 0.236 e. The van der Waals surface area contributed by atoms with Crippen LogP contribution in [0.15, 0.2) is 0 Å². The van der Waals surface area contributed by atoms with Gasteiger partial charge in [0.2, 0.25) is 5.91 Å². The van der Waals surface area contributed by atoms with Crippen molar-refractivity contribution in [2.75, 3.05) is 56.5 Å². The van der Waals surface area contributed by atoms with Crippen LogP contribution in [0.1, 0.15) is 6.42 Å². The van der Waals surface area contributed by atoms with Crippen molar-refractivity contribution < 1.29 is 4.79 Å². The number of piperazine rings is 1. The van der Waals surface area contributed by atoms with Gasteiger partial charge in [0.25, 0.3) is 0 Å². The van der Waals surface area contributed by atoms with Crippen molar-refractivity contribution in [2.24, 2.45) is 0 Å². The number of rotatable bonds is 2. The van der Waals surface area contributed by atoms with Gasteiger partial charge in [-0.05, 0) is 6.42 Å². The molecule has 4 nitrogen and oxygen atoms in total. The lowest BCUT2D eigenvalue weighted by molar-refractivity contribution is -0.129. The van der Waals surface area contributed by atoms with Gasteiger partial charge in [0.15, 0.2) is 0 Å². The Labute approximate surface area is 136 Å². The minimum Gasteiger partial charge on any atom is -0.340 e. The highest BCUT2D eigenvalue weighted by atomic mass is 35.5. The summed E-state index contributed by atoms with van der Waals surface area (Å²) in [7, 11) is 0. The Kier molecular flexibility index (Phi) is 6.81. The van der Waals surface area contributed by atoms with Crippen LogP contribution in [-0.4, -0.2) is 83.5 Å². The van der Waals surface area contributed by atoms with Crippen LogP contribution in [0.3, 0.4) is 0 Å². The topological polar surface area (TPSA) is 35.6 Å². The Bertz CT molecular complexity index is 323. The molecule has 1 amide bonds. The van der Waals surface area contributed by atoms with Gasteiger partial charge in [0.1, 0.15) is 0 Å². The largest absolute Gasteiger partial charge is 0.340 e. The summed E-state index contributed by atoms with van der Waals surface area (Å²) in [5.74, 6) is 3.75. The lowest BCUT2D eigenvalue weighted by atomic mass is 10.2. The lowest BCUT2D eigenvalue weighted by Gasteiger charge is -2.33. The van der Waals surface area contributed by atoms with Crippen molar-refractivity contribution in [1.29, 1.82) is 0 Å². The summed E-state index contributed by atoms with van der Waals surface area (Å²) < 4.78 is 0. The fourth-order valence-electron chi connectivity index (χ4n) is 3.12. The number of carbonyl (C=O) groups excluding carboxylic acids is 1. The van der Waals surface area contributed by atoms with Crippen molar-refractivity contribution in [2.45, 2.75) is 17.7 Å². The Hall–Kier alpha value is 0.380. The van der Waals surface area contributed by atoms with Crippen molar-refractivity contribution in [3.05, 3.63) is 0 Å². The average Bonchev–Trinajstić information content (AvgIpc) is 2.98. The fourth-order valence-corrected chi connectivity index (χ4v) is 5.75. The van der Waals surface area contributed by atoms with E-state index in [9.17, 15) is 4.79 Å². The molecule has 3 saturated heterocycles. The van der Waals surface area contributed by atoms with Gasteiger partial charge in [-0.3, -0.25) is 9.69 Å². The Balaban J connectivity index is 0.00000147. The van der Waals surface area contributed by atoms with E-state index >= 15 is 0 Å². The second-order valence-electron chi connectivity index (χ2n) is 5.45. The van der Waals surface area contributed by atoms with E-state index in [1.165, 1.54) is 5.75 Å². The number of hydrogen-bond donors (Lipinski definition) is 1. The molecular formula is C13H24ClN3OS2. The number of nitrogens with one attached hydrogen (secondary N) is 1. The first-order chi connectivity index (χ1) is 9.34. The summed E-state index contributed by atoms with van der Waals surface area (Å²) in [6.45, 7) is 6.40. The minimum absolute atomic E-state index is 0. The first-order valence-corrected chi connectivity index (χ1v) is 9.48. The van der Waals surface area contributed by atoms with E-state index in [1.807, 2.05) is 23.5 Å². The molecule has 0 aliphatic carbocycles. The summed E-state index contributed by atoms with van der Waals surface area (Å²) in [5.41, 5.74) is 0. The van der Waals surface area contributed by atoms with Crippen LogP contribution >= 0.6 is 35.9 Å². The zero-order valence-electron chi connectivity index (χ0n) is 11.8. The standard InChI is InChI=1S/C13H23N3OS2.ClH/c17-13(12-10-18-7-8-19-12)16-4-1-11(9-16)15-5-2-14-3-6-15;/h11-12,14H,1-10H2;1H. The highest BCUT2D eigenvalue weighted by Gasteiger charge is 2.34. The van der Waals surface area contributed by atoms with E-state index in [-0.39, 0.29) is 17.7 Å². The van der Waals surface area contributed by atoms with Gasteiger partial charge in [-0.2, -0.15) is 11.8 Å². The SMILES string of the molecule is Cl.O=C(C1CSCCS1)N1CCC(N2CCNCC2)C1. The zero-order valence-corrected chi connectivity index (χ0v) is 14.2. The summed E-state index contributed by atoms with van der Waals surface area (Å²) >= 11 is 3.79. The third-order valence-electron chi connectivity index (χ3n) is 4.23. The molecule has 116 valence electrons. The highest BCUT2D eigenvalue weighted by molar-refractivity contribution is 8.07. The maximum absolute atomic E-state index is 12.5. The van der Waals surface area contributed by atoms with Gasteiger partial charge >= 0.3 is 0 Å². The molecule has 0 spiro atoms. The molecule has 3 aliphatic heterocycles. The predicted molar refractivity (Wildman–Crippen MR) is 90.2 cm³/mol. The number of carbonyl (C=O) groups is 1. The van der Waals surface area contributed by atoms with Gasteiger partial charge in [-0.15, -0.1) is 24.2 Å². The molecule has 2 unspecified atom stereocenters. The van der Waals surface area contributed by atoms with Crippen LogP contribution in [0.25, 0.3) is 0 Å². The first-order valence-electron chi connectivity index (χ1n) is 7.27. The van der Waals surface area contributed by atoms with Crippen LogP contribution in [0.2, 0.25) is 0 Å². The number of hydrogen-bond acceptors (Lipinski definition) is 5. The quantitative estimate of drug-likeness (QED) is 0.805. The van der Waals surface area contributed by atoms with Crippen LogP contribution in [0, 0.1) is 0 Å². The molecule has 3 fully saturated rings. The molecule has 20 heavy (non-hydrogen) atoms. The molecule has 2 atom stereocenters. The molecule has 3 aliphatic rings. The summed E-state index contributed by atoms with van der Waals surface area (Å²) in [4.78, 5) is 17.2. The lowest BCUT2D eigenvalue weighted by Crippen LogP contribution is -2.49. The van der Waals surface area contributed by atoms with Crippen molar-refractivity contribution >= 4 is 41.8 Å². The van der Waals surface area contributed by atoms with Gasteiger partial charge in [0, 0.05) is 62.6 Å². The molecule has 3 rings (SSSR count). The zero-order chi connectivity index (χ0) is 13.1. The monoisotopic (exact) mass is 337 g/mol. The number of thioether (sulfide) groups is 2. The smallest absolute Gasteiger partial charge is 0.236 e. The number of likely N-dealkylation sites (tertiary alicyclic amines) is 1. The van der Waals surface area contributed by atoms with E-state index < -0.39 is 0 Å². The highest BCUT2D eigenvalue weighted by Crippen LogP contribution is 2.27. The predicted octanol–water partition coefficient (Wildman–Crippen LogP) is 0.763. The summed E-state index contributed by atoms with van der Waals surface area (Å²) in [5, 5.41) is 3.62. The fraction of sp³-hybridized carbons (Fsp3) is 0.923. The average molecular weight is 338 g/mol. The summed E-state index contributed by atoms with van der Waals surface area (Å²) in [6.07, 6.45) is 1.16. The van der Waals surface area contributed by atoms with Crippen LogP contribution in [0.5, 0.6) is 0 Å². The second kappa shape index (κ2) is 8.13. The van der Waals surface area contributed by atoms with Crippen molar-refractivity contribution in [1.82, 2.24) is 15.1 Å². The second-order valence-corrected chi connectivity index (χ2v) is 7.91. The number of nitrogens with zero attached hydrogens (tertiary/aromatic N) is 2. The Morgan fingerprint density at radius 1 is 1.15 bits per heavy atom. The summed E-state index contributed by atoms with van der Waals surface area (Å²) in [6, 6.07) is 0.604. The molecule has 3 heterocycles. The molecule has 0 aromatic carbocycles. The molecule has 0 radical (unpaired) electrons.